The first-order valence-electron chi connectivity index (χ1n) is 5.44. The van der Waals surface area contributed by atoms with Gasteiger partial charge in [-0.2, -0.15) is 15.0 Å². The van der Waals surface area contributed by atoms with Crippen molar-refractivity contribution in [1.29, 1.82) is 0 Å². The summed E-state index contributed by atoms with van der Waals surface area (Å²) in [7, 11) is 3.44. The van der Waals surface area contributed by atoms with Crippen molar-refractivity contribution >= 4 is 11.9 Å². The average molecular weight is 225 g/mol. The van der Waals surface area contributed by atoms with E-state index in [1.807, 2.05) is 11.9 Å². The Morgan fingerprint density at radius 2 is 2.00 bits per heavy atom. The van der Waals surface area contributed by atoms with Crippen LogP contribution in [0.4, 0.5) is 11.9 Å². The quantitative estimate of drug-likeness (QED) is 0.730. The summed E-state index contributed by atoms with van der Waals surface area (Å²) in [4.78, 5) is 14.0. The first-order valence-corrected chi connectivity index (χ1v) is 5.44. The van der Waals surface area contributed by atoms with Crippen LogP contribution in [0.25, 0.3) is 0 Å². The van der Waals surface area contributed by atoms with Gasteiger partial charge in [0.15, 0.2) is 0 Å². The minimum atomic E-state index is 0.184. The number of hydrogen-bond acceptors (Lipinski definition) is 6. The number of unbranched alkanes of at least 4 members (excludes halogenated alkanes) is 2. The van der Waals surface area contributed by atoms with E-state index in [2.05, 4.69) is 21.9 Å². The second-order valence-corrected chi connectivity index (χ2v) is 3.61. The number of nitrogens with two attached hydrogens (primary N) is 1. The fraction of sp³-hybridized carbons (Fsp3) is 0.700. The van der Waals surface area contributed by atoms with Gasteiger partial charge in [-0.3, -0.25) is 0 Å². The average Bonchev–Trinajstić information content (AvgIpc) is 2.28. The lowest BCUT2D eigenvalue weighted by atomic mass is 10.2. The van der Waals surface area contributed by atoms with E-state index >= 15 is 0 Å². The van der Waals surface area contributed by atoms with Crippen molar-refractivity contribution in [3.63, 3.8) is 0 Å². The van der Waals surface area contributed by atoms with Gasteiger partial charge in [0.1, 0.15) is 0 Å². The molecule has 0 atom stereocenters. The molecule has 2 N–H and O–H groups in total. The van der Waals surface area contributed by atoms with Crippen molar-refractivity contribution in [3.8, 4) is 6.01 Å². The van der Waals surface area contributed by atoms with E-state index in [1.165, 1.54) is 20.0 Å². The van der Waals surface area contributed by atoms with Gasteiger partial charge in [0, 0.05) is 13.6 Å². The van der Waals surface area contributed by atoms with Gasteiger partial charge in [0.25, 0.3) is 0 Å². The molecule has 0 saturated carbocycles. The van der Waals surface area contributed by atoms with E-state index in [0.717, 1.165) is 13.0 Å². The number of aromatic nitrogens is 3. The first kappa shape index (κ1) is 12.5. The molecular formula is C10H19N5O. The molecule has 1 heterocycles. The molecule has 6 nitrogen and oxygen atoms in total. The summed E-state index contributed by atoms with van der Waals surface area (Å²) in [6.45, 7) is 3.07. The molecule has 16 heavy (non-hydrogen) atoms. The molecule has 0 aliphatic carbocycles. The molecule has 6 heteroatoms. The smallest absolute Gasteiger partial charge is 0.322 e. The number of methoxy groups -OCH3 is 1. The Bertz CT molecular complexity index is 331. The highest BCUT2D eigenvalue weighted by molar-refractivity contribution is 5.34. The zero-order valence-corrected chi connectivity index (χ0v) is 10.1. The molecule has 0 aliphatic rings. The number of anilines is 2. The second kappa shape index (κ2) is 6.09. The number of nitrogens with zero attached hydrogens (tertiary/aromatic N) is 4. The van der Waals surface area contributed by atoms with Gasteiger partial charge in [-0.25, -0.2) is 0 Å². The minimum Gasteiger partial charge on any atom is -0.467 e. The second-order valence-electron chi connectivity index (χ2n) is 3.61. The third-order valence-electron chi connectivity index (χ3n) is 2.24. The Hall–Kier alpha value is -1.59. The van der Waals surface area contributed by atoms with Gasteiger partial charge in [-0.05, 0) is 6.42 Å². The Morgan fingerprint density at radius 3 is 2.62 bits per heavy atom. The molecule has 1 aromatic heterocycles. The summed E-state index contributed by atoms with van der Waals surface area (Å²) in [5, 5.41) is 0. The largest absolute Gasteiger partial charge is 0.467 e. The molecule has 0 saturated heterocycles. The molecule has 0 spiro atoms. The highest BCUT2D eigenvalue weighted by Gasteiger charge is 2.08. The van der Waals surface area contributed by atoms with Crippen LogP contribution in [0.5, 0.6) is 6.01 Å². The van der Waals surface area contributed by atoms with Crippen molar-refractivity contribution in [2.45, 2.75) is 26.2 Å². The standard InChI is InChI=1S/C10H19N5O/c1-4-5-6-7-15(2)9-12-8(11)13-10(14-9)16-3/h4-7H2,1-3H3,(H2,11,12,13,14). The molecule has 0 aliphatic heterocycles. The molecule has 0 amide bonds. The topological polar surface area (TPSA) is 77.2 Å². The van der Waals surface area contributed by atoms with Crippen LogP contribution in [-0.4, -0.2) is 35.7 Å². The maximum absolute atomic E-state index is 5.56. The zero-order chi connectivity index (χ0) is 12.0. The number of rotatable bonds is 6. The van der Waals surface area contributed by atoms with Gasteiger partial charge in [0.05, 0.1) is 7.11 Å². The van der Waals surface area contributed by atoms with Crippen molar-refractivity contribution in [2.75, 3.05) is 31.3 Å². The van der Waals surface area contributed by atoms with E-state index in [0.29, 0.717) is 5.95 Å². The fourth-order valence-corrected chi connectivity index (χ4v) is 1.32. The summed E-state index contributed by atoms with van der Waals surface area (Å²) >= 11 is 0. The van der Waals surface area contributed by atoms with E-state index in [4.69, 9.17) is 10.5 Å². The van der Waals surface area contributed by atoms with Crippen LogP contribution in [0, 0.1) is 0 Å². The lowest BCUT2D eigenvalue weighted by molar-refractivity contribution is 0.379. The van der Waals surface area contributed by atoms with Crippen LogP contribution in [0.1, 0.15) is 26.2 Å². The lowest BCUT2D eigenvalue weighted by Crippen LogP contribution is -2.22. The maximum atomic E-state index is 5.56. The van der Waals surface area contributed by atoms with Crippen LogP contribution in [0.2, 0.25) is 0 Å². The maximum Gasteiger partial charge on any atom is 0.322 e. The third kappa shape index (κ3) is 3.52. The predicted octanol–water partition coefficient (Wildman–Crippen LogP) is 1.09. The van der Waals surface area contributed by atoms with Gasteiger partial charge in [-0.15, -0.1) is 0 Å². The molecule has 0 unspecified atom stereocenters. The molecule has 0 bridgehead atoms. The monoisotopic (exact) mass is 225 g/mol. The van der Waals surface area contributed by atoms with Crippen molar-refractivity contribution in [2.24, 2.45) is 0 Å². The van der Waals surface area contributed by atoms with Crippen LogP contribution >= 0.6 is 0 Å². The van der Waals surface area contributed by atoms with E-state index in [9.17, 15) is 0 Å². The normalized spacial score (nSPS) is 10.2. The Kier molecular flexibility index (Phi) is 4.75. The number of hydrogen-bond donors (Lipinski definition) is 1. The van der Waals surface area contributed by atoms with Gasteiger partial charge >= 0.3 is 6.01 Å². The summed E-state index contributed by atoms with van der Waals surface area (Å²) in [5.74, 6) is 0.740. The van der Waals surface area contributed by atoms with Gasteiger partial charge in [0.2, 0.25) is 11.9 Å². The molecule has 1 rings (SSSR count). The lowest BCUT2D eigenvalue weighted by Gasteiger charge is -2.16. The zero-order valence-electron chi connectivity index (χ0n) is 10.1. The molecule has 0 radical (unpaired) electrons. The Balaban J connectivity index is 2.66. The summed E-state index contributed by atoms with van der Waals surface area (Å²) < 4.78 is 4.94. The van der Waals surface area contributed by atoms with Crippen LogP contribution in [0.15, 0.2) is 0 Å². The van der Waals surface area contributed by atoms with E-state index < -0.39 is 0 Å². The molecule has 1 aromatic rings. The van der Waals surface area contributed by atoms with Gasteiger partial charge in [-0.1, -0.05) is 19.8 Å². The number of nitrogen functional groups attached to an aromatic ring is 1. The highest BCUT2D eigenvalue weighted by atomic mass is 16.5. The minimum absolute atomic E-state index is 0.184. The van der Waals surface area contributed by atoms with Crippen LogP contribution < -0.4 is 15.4 Å². The molecule has 0 aromatic carbocycles. The van der Waals surface area contributed by atoms with E-state index in [-0.39, 0.29) is 12.0 Å². The summed E-state index contributed by atoms with van der Waals surface area (Å²) in [6, 6.07) is 0.254. The van der Waals surface area contributed by atoms with Crippen LogP contribution in [-0.2, 0) is 0 Å². The molecule has 90 valence electrons. The van der Waals surface area contributed by atoms with Gasteiger partial charge < -0.3 is 15.4 Å². The fourth-order valence-electron chi connectivity index (χ4n) is 1.32. The summed E-state index contributed by atoms with van der Waals surface area (Å²) in [5.41, 5.74) is 5.56. The third-order valence-corrected chi connectivity index (χ3v) is 2.24. The van der Waals surface area contributed by atoms with Crippen molar-refractivity contribution < 1.29 is 4.74 Å². The Morgan fingerprint density at radius 1 is 1.25 bits per heavy atom. The van der Waals surface area contributed by atoms with Crippen molar-refractivity contribution in [3.05, 3.63) is 0 Å². The molecular weight excluding hydrogens is 206 g/mol. The number of ether oxygens (including phenoxy) is 1. The Labute approximate surface area is 95.9 Å². The van der Waals surface area contributed by atoms with E-state index in [1.54, 1.807) is 0 Å². The predicted molar refractivity (Wildman–Crippen MR) is 63.6 cm³/mol. The highest BCUT2D eigenvalue weighted by Crippen LogP contribution is 2.12. The summed E-state index contributed by atoms with van der Waals surface area (Å²) in [6.07, 6.45) is 3.50. The molecule has 0 fully saturated rings. The van der Waals surface area contributed by atoms with Crippen LogP contribution in [0.3, 0.4) is 0 Å². The van der Waals surface area contributed by atoms with Crippen molar-refractivity contribution in [1.82, 2.24) is 15.0 Å². The SMILES string of the molecule is CCCCCN(C)c1nc(N)nc(OC)n1. The first-order chi connectivity index (χ1) is 7.67.